The van der Waals surface area contributed by atoms with Crippen molar-refractivity contribution < 1.29 is 4.74 Å². The third-order valence-corrected chi connectivity index (χ3v) is 4.80. The summed E-state index contributed by atoms with van der Waals surface area (Å²) in [7, 11) is 1.80. The van der Waals surface area contributed by atoms with E-state index in [-0.39, 0.29) is 5.54 Å². The van der Waals surface area contributed by atoms with Gasteiger partial charge < -0.3 is 10.5 Å². The third kappa shape index (κ3) is 3.25. The first-order valence-electron chi connectivity index (χ1n) is 7.56. The molecule has 3 heteroatoms. The maximum atomic E-state index is 6.17. The zero-order valence-electron chi connectivity index (χ0n) is 12.3. The molecule has 2 fully saturated rings. The van der Waals surface area contributed by atoms with E-state index in [0.717, 1.165) is 18.4 Å². The summed E-state index contributed by atoms with van der Waals surface area (Å²) in [6.07, 6.45) is 5.64. The summed E-state index contributed by atoms with van der Waals surface area (Å²) in [5, 5.41) is 0. The molecule has 0 aliphatic heterocycles. The summed E-state index contributed by atoms with van der Waals surface area (Å²) in [6.45, 7) is 8.51. The van der Waals surface area contributed by atoms with Gasteiger partial charge in [-0.15, -0.1) is 0 Å². The molecule has 0 amide bonds. The Kier molecular flexibility index (Phi) is 4.68. The zero-order chi connectivity index (χ0) is 13.2. The highest BCUT2D eigenvalue weighted by Gasteiger charge is 2.43. The minimum Gasteiger partial charge on any atom is -0.383 e. The highest BCUT2D eigenvalue weighted by Crippen LogP contribution is 2.38. The molecule has 0 radical (unpaired) electrons. The van der Waals surface area contributed by atoms with Crippen LogP contribution in [0.2, 0.25) is 0 Å². The SMILES string of the molecule is COCC(CN)(C(C)C)N(CC1CC1)CC1CC1. The molecular formula is C15H30N2O. The van der Waals surface area contributed by atoms with Gasteiger partial charge in [-0.1, -0.05) is 13.8 Å². The number of hydrogen-bond acceptors (Lipinski definition) is 3. The molecule has 0 heterocycles. The van der Waals surface area contributed by atoms with Crippen LogP contribution < -0.4 is 5.73 Å². The molecule has 2 N–H and O–H groups in total. The van der Waals surface area contributed by atoms with E-state index >= 15 is 0 Å². The smallest absolute Gasteiger partial charge is 0.0661 e. The lowest BCUT2D eigenvalue weighted by atomic mass is 9.84. The van der Waals surface area contributed by atoms with Gasteiger partial charge in [0.15, 0.2) is 0 Å². The highest BCUT2D eigenvalue weighted by atomic mass is 16.5. The first-order chi connectivity index (χ1) is 8.62. The number of hydrogen-bond donors (Lipinski definition) is 1. The Morgan fingerprint density at radius 1 is 1.17 bits per heavy atom. The topological polar surface area (TPSA) is 38.5 Å². The van der Waals surface area contributed by atoms with Crippen LogP contribution in [0.5, 0.6) is 0 Å². The molecule has 0 spiro atoms. The molecule has 1 atom stereocenters. The van der Waals surface area contributed by atoms with Crippen LogP contribution in [0.15, 0.2) is 0 Å². The van der Waals surface area contributed by atoms with Gasteiger partial charge in [-0.25, -0.2) is 0 Å². The average molecular weight is 254 g/mol. The van der Waals surface area contributed by atoms with Crippen molar-refractivity contribution in [3.05, 3.63) is 0 Å². The van der Waals surface area contributed by atoms with Crippen molar-refractivity contribution in [1.82, 2.24) is 4.90 Å². The second-order valence-electron chi connectivity index (χ2n) is 6.69. The van der Waals surface area contributed by atoms with Crippen LogP contribution in [-0.4, -0.2) is 43.8 Å². The maximum absolute atomic E-state index is 6.17. The fourth-order valence-corrected chi connectivity index (χ4v) is 2.96. The molecule has 3 nitrogen and oxygen atoms in total. The Balaban J connectivity index is 2.09. The lowest BCUT2D eigenvalue weighted by Crippen LogP contribution is -2.61. The van der Waals surface area contributed by atoms with Crippen molar-refractivity contribution in [2.45, 2.75) is 45.1 Å². The minimum absolute atomic E-state index is 0.0416. The van der Waals surface area contributed by atoms with Crippen LogP contribution in [0.1, 0.15) is 39.5 Å². The number of ether oxygens (including phenoxy) is 1. The molecule has 0 saturated heterocycles. The fourth-order valence-electron chi connectivity index (χ4n) is 2.96. The van der Waals surface area contributed by atoms with Crippen molar-refractivity contribution in [3.63, 3.8) is 0 Å². The number of nitrogens with two attached hydrogens (primary N) is 1. The number of nitrogens with zero attached hydrogens (tertiary/aromatic N) is 1. The monoisotopic (exact) mass is 254 g/mol. The Hall–Kier alpha value is -0.120. The van der Waals surface area contributed by atoms with Gasteiger partial charge in [-0.2, -0.15) is 0 Å². The molecule has 1 unspecified atom stereocenters. The normalized spacial score (nSPS) is 23.7. The van der Waals surface area contributed by atoms with Crippen LogP contribution in [0.25, 0.3) is 0 Å². The molecule has 0 aromatic carbocycles. The standard InChI is InChI=1S/C15H30N2O/c1-12(2)15(10-16,11-18-3)17(8-13-4-5-13)9-14-6-7-14/h12-14H,4-11,16H2,1-3H3. The van der Waals surface area contributed by atoms with Gasteiger partial charge in [0.25, 0.3) is 0 Å². The van der Waals surface area contributed by atoms with Gasteiger partial charge in [0.05, 0.1) is 12.1 Å². The Morgan fingerprint density at radius 3 is 1.94 bits per heavy atom. The summed E-state index contributed by atoms with van der Waals surface area (Å²) < 4.78 is 5.52. The van der Waals surface area contributed by atoms with Crippen LogP contribution in [0.4, 0.5) is 0 Å². The van der Waals surface area contributed by atoms with Crippen molar-refractivity contribution in [1.29, 1.82) is 0 Å². The second kappa shape index (κ2) is 5.89. The summed E-state index contributed by atoms with van der Waals surface area (Å²) in [5.74, 6) is 2.38. The Labute approximate surface area is 112 Å². The molecular weight excluding hydrogens is 224 g/mol. The first-order valence-corrected chi connectivity index (χ1v) is 7.56. The Bertz CT molecular complexity index is 247. The molecule has 0 aromatic heterocycles. The maximum Gasteiger partial charge on any atom is 0.0661 e. The minimum atomic E-state index is 0.0416. The predicted octanol–water partition coefficient (Wildman–Crippen LogP) is 2.11. The predicted molar refractivity (Wildman–Crippen MR) is 75.5 cm³/mol. The first kappa shape index (κ1) is 14.3. The molecule has 2 rings (SSSR count). The average Bonchev–Trinajstić information content (AvgIpc) is 3.19. The van der Waals surface area contributed by atoms with Crippen LogP contribution in [-0.2, 0) is 4.74 Å². The van der Waals surface area contributed by atoms with Gasteiger partial charge in [-0.3, -0.25) is 4.90 Å². The van der Waals surface area contributed by atoms with Gasteiger partial charge in [-0.05, 0) is 43.4 Å². The lowest BCUT2D eigenvalue weighted by Gasteiger charge is -2.46. The molecule has 2 saturated carbocycles. The zero-order valence-corrected chi connectivity index (χ0v) is 12.3. The number of methoxy groups -OCH3 is 1. The molecule has 106 valence electrons. The fraction of sp³-hybridized carbons (Fsp3) is 1.00. The van der Waals surface area contributed by atoms with Crippen molar-refractivity contribution in [2.75, 3.05) is 33.4 Å². The molecule has 0 bridgehead atoms. The van der Waals surface area contributed by atoms with E-state index in [1.807, 2.05) is 0 Å². The highest BCUT2D eigenvalue weighted by molar-refractivity contribution is 4.98. The van der Waals surface area contributed by atoms with Crippen molar-refractivity contribution >= 4 is 0 Å². The van der Waals surface area contributed by atoms with Gasteiger partial charge in [0.1, 0.15) is 0 Å². The summed E-state index contributed by atoms with van der Waals surface area (Å²) in [6, 6.07) is 0. The summed E-state index contributed by atoms with van der Waals surface area (Å²) in [5.41, 5.74) is 6.21. The van der Waals surface area contributed by atoms with E-state index < -0.39 is 0 Å². The third-order valence-electron chi connectivity index (χ3n) is 4.80. The molecule has 18 heavy (non-hydrogen) atoms. The quantitative estimate of drug-likeness (QED) is 0.685. The van der Waals surface area contributed by atoms with Crippen LogP contribution in [0.3, 0.4) is 0 Å². The van der Waals surface area contributed by atoms with E-state index in [4.69, 9.17) is 10.5 Å². The van der Waals surface area contributed by atoms with E-state index in [1.165, 1.54) is 38.8 Å². The largest absolute Gasteiger partial charge is 0.383 e. The number of rotatable bonds is 9. The Morgan fingerprint density at radius 2 is 1.67 bits per heavy atom. The lowest BCUT2D eigenvalue weighted by molar-refractivity contribution is -0.0215. The van der Waals surface area contributed by atoms with E-state index in [9.17, 15) is 0 Å². The van der Waals surface area contributed by atoms with Crippen LogP contribution >= 0.6 is 0 Å². The van der Waals surface area contributed by atoms with Crippen molar-refractivity contribution in [2.24, 2.45) is 23.5 Å². The summed E-state index contributed by atoms with van der Waals surface area (Å²) in [4.78, 5) is 2.68. The van der Waals surface area contributed by atoms with Crippen molar-refractivity contribution in [3.8, 4) is 0 Å². The molecule has 2 aliphatic carbocycles. The molecule has 2 aliphatic rings. The molecule has 0 aromatic rings. The van der Waals surface area contributed by atoms with Gasteiger partial charge >= 0.3 is 0 Å². The van der Waals surface area contributed by atoms with E-state index in [0.29, 0.717) is 12.5 Å². The van der Waals surface area contributed by atoms with E-state index in [1.54, 1.807) is 7.11 Å². The van der Waals surface area contributed by atoms with Crippen LogP contribution in [0, 0.1) is 17.8 Å². The second-order valence-corrected chi connectivity index (χ2v) is 6.69. The van der Waals surface area contributed by atoms with E-state index in [2.05, 4.69) is 18.7 Å². The summed E-state index contributed by atoms with van der Waals surface area (Å²) >= 11 is 0. The van der Waals surface area contributed by atoms with Gasteiger partial charge in [0, 0.05) is 26.7 Å². The van der Waals surface area contributed by atoms with Gasteiger partial charge in [0.2, 0.25) is 0 Å².